The van der Waals surface area contributed by atoms with Gasteiger partial charge in [0.15, 0.2) is 0 Å². The summed E-state index contributed by atoms with van der Waals surface area (Å²) in [6.45, 7) is 5.98. The number of rotatable bonds is 4. The van der Waals surface area contributed by atoms with Crippen molar-refractivity contribution in [3.63, 3.8) is 0 Å². The van der Waals surface area contributed by atoms with E-state index in [1.807, 2.05) is 32.0 Å². The van der Waals surface area contributed by atoms with Crippen molar-refractivity contribution in [3.8, 4) is 16.9 Å². The van der Waals surface area contributed by atoms with Crippen molar-refractivity contribution in [2.45, 2.75) is 27.2 Å². The Bertz CT molecular complexity index is 930. The van der Waals surface area contributed by atoms with Crippen molar-refractivity contribution in [2.24, 2.45) is 0 Å². The summed E-state index contributed by atoms with van der Waals surface area (Å²) in [4.78, 5) is 24.0. The number of fused-ring (bicyclic) bond motifs is 1. The van der Waals surface area contributed by atoms with Crippen molar-refractivity contribution in [1.29, 1.82) is 0 Å². The first-order valence-electron chi connectivity index (χ1n) is 7.59. The van der Waals surface area contributed by atoms with E-state index in [2.05, 4.69) is 10.2 Å². The number of H-pyrrole nitrogens is 2. The van der Waals surface area contributed by atoms with E-state index in [-0.39, 0.29) is 11.5 Å². The molecular formula is C17H19N3O3. The van der Waals surface area contributed by atoms with Gasteiger partial charge in [-0.3, -0.25) is 19.3 Å². The molecule has 6 nitrogen and oxygen atoms in total. The minimum Gasteiger partial charge on any atom is -0.494 e. The number of aromatic nitrogens is 3. The maximum absolute atomic E-state index is 12.1. The fraction of sp³-hybridized carbons (Fsp3) is 0.294. The molecule has 0 saturated carbocycles. The van der Waals surface area contributed by atoms with Crippen molar-refractivity contribution in [3.05, 3.63) is 40.4 Å². The van der Waals surface area contributed by atoms with Crippen LogP contribution in [0.15, 0.2) is 29.2 Å². The molecule has 0 aliphatic carbocycles. The normalized spacial score (nSPS) is 11.1. The number of hydrogen-bond donors (Lipinski definition) is 2. The zero-order valence-corrected chi connectivity index (χ0v) is 13.4. The molecule has 0 aliphatic heterocycles. The molecule has 2 heterocycles. The predicted molar refractivity (Wildman–Crippen MR) is 89.2 cm³/mol. The van der Waals surface area contributed by atoms with Gasteiger partial charge >= 0.3 is 0 Å². The Morgan fingerprint density at radius 2 is 2.09 bits per heavy atom. The average Bonchev–Trinajstić information content (AvgIpc) is 3.05. The van der Waals surface area contributed by atoms with E-state index in [4.69, 9.17) is 4.74 Å². The summed E-state index contributed by atoms with van der Waals surface area (Å²) >= 11 is 0. The molecule has 0 spiro atoms. The van der Waals surface area contributed by atoms with Gasteiger partial charge in [0.2, 0.25) is 5.91 Å². The van der Waals surface area contributed by atoms with Crippen LogP contribution in [-0.2, 0) is 0 Å². The fourth-order valence-electron chi connectivity index (χ4n) is 2.75. The van der Waals surface area contributed by atoms with E-state index >= 15 is 0 Å². The molecule has 0 unspecified atom stereocenters. The lowest BCUT2D eigenvalue weighted by Gasteiger charge is -2.05. The molecule has 120 valence electrons. The molecule has 0 aliphatic rings. The summed E-state index contributed by atoms with van der Waals surface area (Å²) in [5.41, 5.74) is 2.55. The Balaban J connectivity index is 2.27. The summed E-state index contributed by atoms with van der Waals surface area (Å²) in [5.74, 6) is 0.625. The van der Waals surface area contributed by atoms with Gasteiger partial charge in [0, 0.05) is 29.8 Å². The second-order valence-corrected chi connectivity index (χ2v) is 5.54. The van der Waals surface area contributed by atoms with Crippen molar-refractivity contribution < 1.29 is 9.53 Å². The molecule has 2 aromatic heterocycles. The molecule has 23 heavy (non-hydrogen) atoms. The number of nitrogens with one attached hydrogen (secondary N) is 2. The van der Waals surface area contributed by atoms with E-state index in [9.17, 15) is 9.59 Å². The number of hydrogen-bond acceptors (Lipinski definition) is 3. The zero-order valence-electron chi connectivity index (χ0n) is 13.4. The van der Waals surface area contributed by atoms with Crippen LogP contribution in [0.1, 0.15) is 30.8 Å². The molecule has 0 saturated heterocycles. The Labute approximate surface area is 133 Å². The molecule has 0 amide bonds. The Hall–Kier alpha value is -2.76. The van der Waals surface area contributed by atoms with Gasteiger partial charge in [-0.2, -0.15) is 0 Å². The van der Waals surface area contributed by atoms with Gasteiger partial charge in [0.05, 0.1) is 17.7 Å². The summed E-state index contributed by atoms with van der Waals surface area (Å²) in [6, 6.07) is 5.57. The Morgan fingerprint density at radius 1 is 1.30 bits per heavy atom. The van der Waals surface area contributed by atoms with Gasteiger partial charge < -0.3 is 9.84 Å². The maximum Gasteiger partial charge on any atom is 0.272 e. The lowest BCUT2D eigenvalue weighted by molar-refractivity contribution is 0.0941. The SMILES string of the molecule is CCCOc1ccc2c(c1)c(-c1c(C)[nH][nH]c1=O)cn2C(C)=O. The number of ether oxygens (including phenoxy) is 1. The van der Waals surface area contributed by atoms with Crippen LogP contribution in [0.3, 0.4) is 0 Å². The van der Waals surface area contributed by atoms with E-state index in [1.54, 1.807) is 10.8 Å². The van der Waals surface area contributed by atoms with Crippen LogP contribution >= 0.6 is 0 Å². The van der Waals surface area contributed by atoms with E-state index in [1.165, 1.54) is 6.92 Å². The quantitative estimate of drug-likeness (QED) is 0.777. The third-order valence-corrected chi connectivity index (χ3v) is 3.82. The highest BCUT2D eigenvalue weighted by Gasteiger charge is 2.18. The van der Waals surface area contributed by atoms with Crippen molar-refractivity contribution in [2.75, 3.05) is 6.61 Å². The number of aromatic amines is 2. The van der Waals surface area contributed by atoms with Crippen LogP contribution in [0.25, 0.3) is 22.0 Å². The second kappa shape index (κ2) is 5.79. The third kappa shape index (κ3) is 2.56. The predicted octanol–water partition coefficient (Wildman–Crippen LogP) is 3.08. The highest BCUT2D eigenvalue weighted by atomic mass is 16.5. The van der Waals surface area contributed by atoms with E-state index in [0.29, 0.717) is 12.2 Å². The minimum absolute atomic E-state index is 0.104. The van der Waals surface area contributed by atoms with Crippen LogP contribution in [0.2, 0.25) is 0 Å². The molecule has 3 aromatic rings. The second-order valence-electron chi connectivity index (χ2n) is 5.54. The molecular weight excluding hydrogens is 294 g/mol. The lowest BCUT2D eigenvalue weighted by Crippen LogP contribution is -2.03. The Kier molecular flexibility index (Phi) is 3.82. The molecule has 0 radical (unpaired) electrons. The lowest BCUT2D eigenvalue weighted by atomic mass is 10.1. The number of carbonyl (C=O) groups is 1. The van der Waals surface area contributed by atoms with Gasteiger partial charge in [0.25, 0.3) is 5.56 Å². The summed E-state index contributed by atoms with van der Waals surface area (Å²) in [5, 5.41) is 6.23. The molecule has 1 aromatic carbocycles. The van der Waals surface area contributed by atoms with Gasteiger partial charge in [-0.1, -0.05) is 6.92 Å². The first kappa shape index (κ1) is 15.1. The number of nitrogens with zero attached hydrogens (tertiary/aromatic N) is 1. The molecule has 3 rings (SSSR count). The summed E-state index contributed by atoms with van der Waals surface area (Å²) in [7, 11) is 0. The van der Waals surface area contributed by atoms with Crippen LogP contribution in [0.5, 0.6) is 5.75 Å². The highest BCUT2D eigenvalue weighted by Crippen LogP contribution is 2.32. The molecule has 6 heteroatoms. The molecule has 0 bridgehead atoms. The van der Waals surface area contributed by atoms with Crippen LogP contribution in [0, 0.1) is 6.92 Å². The van der Waals surface area contributed by atoms with Crippen molar-refractivity contribution >= 4 is 16.8 Å². The average molecular weight is 313 g/mol. The van der Waals surface area contributed by atoms with Gasteiger partial charge in [-0.25, -0.2) is 0 Å². The van der Waals surface area contributed by atoms with Crippen LogP contribution in [0.4, 0.5) is 0 Å². The smallest absolute Gasteiger partial charge is 0.272 e. The first-order chi connectivity index (χ1) is 11.0. The number of carbonyl (C=O) groups excluding carboxylic acids is 1. The molecule has 2 N–H and O–H groups in total. The number of aryl methyl sites for hydroxylation is 1. The Morgan fingerprint density at radius 3 is 2.70 bits per heavy atom. The summed E-state index contributed by atoms with van der Waals surface area (Å²) in [6.07, 6.45) is 2.62. The van der Waals surface area contributed by atoms with Gasteiger partial charge in [-0.15, -0.1) is 0 Å². The van der Waals surface area contributed by atoms with E-state index < -0.39 is 0 Å². The van der Waals surface area contributed by atoms with Crippen LogP contribution in [-0.4, -0.2) is 27.3 Å². The number of benzene rings is 1. The minimum atomic E-state index is -0.204. The largest absolute Gasteiger partial charge is 0.494 e. The standard InChI is InChI=1S/C17H19N3O3/c1-4-7-23-12-5-6-15-13(8-12)14(9-20(15)11(3)21)16-10(2)18-19-17(16)22/h5-6,8-9H,4,7H2,1-3H3,(H2,18,19,22). The maximum atomic E-state index is 12.1. The highest BCUT2D eigenvalue weighted by molar-refractivity contribution is 6.02. The zero-order chi connectivity index (χ0) is 16.6. The van der Waals surface area contributed by atoms with Crippen LogP contribution < -0.4 is 10.3 Å². The van der Waals surface area contributed by atoms with Gasteiger partial charge in [0.1, 0.15) is 5.75 Å². The third-order valence-electron chi connectivity index (χ3n) is 3.82. The van der Waals surface area contributed by atoms with E-state index in [0.717, 1.165) is 34.3 Å². The molecule has 0 atom stereocenters. The van der Waals surface area contributed by atoms with Crippen molar-refractivity contribution in [1.82, 2.24) is 14.8 Å². The first-order valence-corrected chi connectivity index (χ1v) is 7.59. The fourth-order valence-corrected chi connectivity index (χ4v) is 2.75. The summed E-state index contributed by atoms with van der Waals surface area (Å²) < 4.78 is 7.23. The molecule has 0 fully saturated rings. The topological polar surface area (TPSA) is 79.9 Å². The van der Waals surface area contributed by atoms with Gasteiger partial charge in [-0.05, 0) is 31.5 Å². The monoisotopic (exact) mass is 313 g/mol.